The number of hydrogen-bond acceptors (Lipinski definition) is 6. The first-order valence-electron chi connectivity index (χ1n) is 7.86. The van der Waals surface area contributed by atoms with Gasteiger partial charge in [0.25, 0.3) is 0 Å². The number of carbonyl (C=O) groups is 1. The normalized spacial score (nSPS) is 10.8. The lowest BCUT2D eigenvalue weighted by Gasteiger charge is -2.08. The first-order valence-corrected chi connectivity index (χ1v) is 8.67. The first-order chi connectivity index (χ1) is 11.7. The number of anilines is 2. The zero-order valence-corrected chi connectivity index (χ0v) is 14.5. The van der Waals surface area contributed by atoms with E-state index in [1.54, 1.807) is 23.9 Å². The molecular formula is C17H19N5OS. The van der Waals surface area contributed by atoms with Crippen molar-refractivity contribution in [2.75, 3.05) is 17.2 Å². The number of nitrogens with zero attached hydrogens (tertiary/aromatic N) is 3. The third kappa shape index (κ3) is 3.68. The van der Waals surface area contributed by atoms with Crippen LogP contribution in [0.5, 0.6) is 0 Å². The molecule has 0 aliphatic carbocycles. The lowest BCUT2D eigenvalue weighted by molar-refractivity contribution is -0.116. The SMILES string of the molecule is CCc1cc2c(NCCC(=O)Nc3ncccc3C)ncnc2s1. The average molecular weight is 341 g/mol. The van der Waals surface area contributed by atoms with Crippen LogP contribution in [0, 0.1) is 6.92 Å². The van der Waals surface area contributed by atoms with E-state index in [0.29, 0.717) is 18.8 Å². The van der Waals surface area contributed by atoms with Crippen LogP contribution in [0.1, 0.15) is 23.8 Å². The van der Waals surface area contributed by atoms with Crippen molar-refractivity contribution in [3.63, 3.8) is 0 Å². The van der Waals surface area contributed by atoms with Crippen molar-refractivity contribution >= 4 is 39.1 Å². The van der Waals surface area contributed by atoms with Gasteiger partial charge in [0.1, 0.15) is 22.8 Å². The van der Waals surface area contributed by atoms with E-state index in [9.17, 15) is 4.79 Å². The summed E-state index contributed by atoms with van der Waals surface area (Å²) in [5, 5.41) is 7.07. The summed E-state index contributed by atoms with van der Waals surface area (Å²) in [6.07, 6.45) is 4.54. The van der Waals surface area contributed by atoms with Crippen molar-refractivity contribution < 1.29 is 4.79 Å². The molecule has 0 spiro atoms. The summed E-state index contributed by atoms with van der Waals surface area (Å²) in [5.74, 6) is 1.31. The number of rotatable bonds is 6. The molecule has 6 nitrogen and oxygen atoms in total. The van der Waals surface area contributed by atoms with Crippen LogP contribution in [0.15, 0.2) is 30.7 Å². The highest BCUT2D eigenvalue weighted by Crippen LogP contribution is 2.28. The molecule has 2 N–H and O–H groups in total. The highest BCUT2D eigenvalue weighted by Gasteiger charge is 2.09. The summed E-state index contributed by atoms with van der Waals surface area (Å²) in [6, 6.07) is 5.87. The minimum atomic E-state index is -0.0748. The second kappa shape index (κ2) is 7.35. The third-order valence-corrected chi connectivity index (χ3v) is 4.83. The zero-order valence-electron chi connectivity index (χ0n) is 13.7. The van der Waals surface area contributed by atoms with Crippen molar-refractivity contribution in [2.45, 2.75) is 26.7 Å². The number of amides is 1. The van der Waals surface area contributed by atoms with Gasteiger partial charge in [0.15, 0.2) is 0 Å². The quantitative estimate of drug-likeness (QED) is 0.718. The zero-order chi connectivity index (χ0) is 16.9. The molecule has 0 aliphatic heterocycles. The number of fused-ring (bicyclic) bond motifs is 1. The Morgan fingerprint density at radius 3 is 2.92 bits per heavy atom. The van der Waals surface area contributed by atoms with Crippen LogP contribution in [0.4, 0.5) is 11.6 Å². The van der Waals surface area contributed by atoms with Gasteiger partial charge in [-0.2, -0.15) is 0 Å². The van der Waals surface area contributed by atoms with E-state index in [2.05, 4.69) is 38.6 Å². The Kier molecular flexibility index (Phi) is 5.00. The van der Waals surface area contributed by atoms with Gasteiger partial charge in [0.2, 0.25) is 5.91 Å². The molecule has 0 bridgehead atoms. The summed E-state index contributed by atoms with van der Waals surface area (Å²) in [7, 11) is 0. The molecule has 3 aromatic rings. The number of carbonyl (C=O) groups excluding carboxylic acids is 1. The monoisotopic (exact) mass is 341 g/mol. The minimum absolute atomic E-state index is 0.0748. The van der Waals surface area contributed by atoms with E-state index < -0.39 is 0 Å². The van der Waals surface area contributed by atoms with Gasteiger partial charge < -0.3 is 10.6 Å². The van der Waals surface area contributed by atoms with E-state index in [1.807, 2.05) is 19.1 Å². The molecule has 0 fully saturated rings. The van der Waals surface area contributed by atoms with Gasteiger partial charge in [-0.05, 0) is 31.0 Å². The smallest absolute Gasteiger partial charge is 0.227 e. The molecule has 1 amide bonds. The maximum Gasteiger partial charge on any atom is 0.227 e. The second-order valence-electron chi connectivity index (χ2n) is 5.40. The van der Waals surface area contributed by atoms with Crippen LogP contribution < -0.4 is 10.6 Å². The van der Waals surface area contributed by atoms with Crippen LogP contribution in [-0.2, 0) is 11.2 Å². The molecule has 0 unspecified atom stereocenters. The average Bonchev–Trinajstić information content (AvgIpc) is 3.01. The van der Waals surface area contributed by atoms with Gasteiger partial charge in [-0.1, -0.05) is 13.0 Å². The van der Waals surface area contributed by atoms with Crippen LogP contribution in [0.25, 0.3) is 10.2 Å². The third-order valence-electron chi connectivity index (χ3n) is 3.64. The minimum Gasteiger partial charge on any atom is -0.369 e. The molecule has 3 rings (SSSR count). The molecule has 0 saturated carbocycles. The summed E-state index contributed by atoms with van der Waals surface area (Å²) < 4.78 is 0. The summed E-state index contributed by atoms with van der Waals surface area (Å²) in [6.45, 7) is 4.54. The molecule has 0 atom stereocenters. The van der Waals surface area contributed by atoms with Crippen molar-refractivity contribution in [3.05, 3.63) is 41.2 Å². The largest absolute Gasteiger partial charge is 0.369 e. The second-order valence-corrected chi connectivity index (χ2v) is 6.52. The molecule has 7 heteroatoms. The van der Waals surface area contributed by atoms with Gasteiger partial charge in [0, 0.05) is 24.0 Å². The van der Waals surface area contributed by atoms with Crippen LogP contribution in [0.3, 0.4) is 0 Å². The number of aryl methyl sites for hydroxylation is 2. The highest BCUT2D eigenvalue weighted by atomic mass is 32.1. The Labute approximate surface area is 144 Å². The van der Waals surface area contributed by atoms with Crippen LogP contribution in [-0.4, -0.2) is 27.4 Å². The number of pyridine rings is 1. The molecule has 0 saturated heterocycles. The fourth-order valence-corrected chi connectivity index (χ4v) is 3.26. The van der Waals surface area contributed by atoms with Crippen molar-refractivity contribution in [1.82, 2.24) is 15.0 Å². The van der Waals surface area contributed by atoms with Gasteiger partial charge in [0.05, 0.1) is 5.39 Å². The predicted molar refractivity (Wildman–Crippen MR) is 97.5 cm³/mol. The number of thiophene rings is 1. The van der Waals surface area contributed by atoms with Crippen molar-refractivity contribution in [3.8, 4) is 0 Å². The van der Waals surface area contributed by atoms with E-state index in [-0.39, 0.29) is 5.91 Å². The van der Waals surface area contributed by atoms with Gasteiger partial charge in [-0.15, -0.1) is 11.3 Å². The maximum absolute atomic E-state index is 12.0. The Hall–Kier alpha value is -2.54. The van der Waals surface area contributed by atoms with E-state index in [0.717, 1.165) is 28.0 Å². The van der Waals surface area contributed by atoms with Gasteiger partial charge in [-0.3, -0.25) is 4.79 Å². The van der Waals surface area contributed by atoms with Crippen molar-refractivity contribution in [2.24, 2.45) is 0 Å². The molecule has 124 valence electrons. The lowest BCUT2D eigenvalue weighted by atomic mass is 10.3. The van der Waals surface area contributed by atoms with E-state index in [1.165, 1.54) is 4.88 Å². The fourth-order valence-electron chi connectivity index (χ4n) is 2.33. The summed E-state index contributed by atoms with van der Waals surface area (Å²) in [5.41, 5.74) is 0.946. The number of aromatic nitrogens is 3. The molecule has 0 radical (unpaired) electrons. The Morgan fingerprint density at radius 1 is 1.25 bits per heavy atom. The molecule has 0 aromatic carbocycles. The van der Waals surface area contributed by atoms with Gasteiger partial charge >= 0.3 is 0 Å². The van der Waals surface area contributed by atoms with Crippen LogP contribution >= 0.6 is 11.3 Å². The first kappa shape index (κ1) is 16.3. The Morgan fingerprint density at radius 2 is 2.12 bits per heavy atom. The van der Waals surface area contributed by atoms with Crippen molar-refractivity contribution in [1.29, 1.82) is 0 Å². The van der Waals surface area contributed by atoms with Crippen LogP contribution in [0.2, 0.25) is 0 Å². The standard InChI is InChI=1S/C17H19N5OS/c1-3-12-9-13-16(20-10-21-17(13)24-12)19-8-6-14(23)22-15-11(2)5-4-7-18-15/h4-5,7,9-10H,3,6,8H2,1-2H3,(H,18,22,23)(H,19,20,21). The van der Waals surface area contributed by atoms with E-state index in [4.69, 9.17) is 0 Å². The lowest BCUT2D eigenvalue weighted by Crippen LogP contribution is -2.17. The Balaban J connectivity index is 1.59. The molecule has 3 aromatic heterocycles. The predicted octanol–water partition coefficient (Wildman–Crippen LogP) is 3.40. The molecular weight excluding hydrogens is 322 g/mol. The maximum atomic E-state index is 12.0. The molecule has 3 heterocycles. The Bertz CT molecular complexity index is 861. The topological polar surface area (TPSA) is 79.8 Å². The summed E-state index contributed by atoms with van der Waals surface area (Å²) in [4.78, 5) is 27.0. The number of nitrogens with one attached hydrogen (secondary N) is 2. The number of hydrogen-bond donors (Lipinski definition) is 2. The van der Waals surface area contributed by atoms with Gasteiger partial charge in [-0.25, -0.2) is 15.0 Å². The highest BCUT2D eigenvalue weighted by molar-refractivity contribution is 7.18. The fraction of sp³-hybridized carbons (Fsp3) is 0.294. The molecule has 24 heavy (non-hydrogen) atoms. The summed E-state index contributed by atoms with van der Waals surface area (Å²) >= 11 is 1.68. The van der Waals surface area contributed by atoms with E-state index >= 15 is 0 Å². The molecule has 0 aliphatic rings.